The van der Waals surface area contributed by atoms with Crippen LogP contribution in [0.2, 0.25) is 0 Å². The second kappa shape index (κ2) is 6.00. The molecular formula is C12H22N2O3. The van der Waals surface area contributed by atoms with E-state index in [1.807, 2.05) is 20.8 Å². The highest BCUT2D eigenvalue weighted by atomic mass is 16.4. The van der Waals surface area contributed by atoms with Crippen molar-refractivity contribution in [2.75, 3.05) is 19.6 Å². The van der Waals surface area contributed by atoms with Crippen LogP contribution in [-0.2, 0) is 9.59 Å². The van der Waals surface area contributed by atoms with Crippen molar-refractivity contribution < 1.29 is 14.7 Å². The van der Waals surface area contributed by atoms with Crippen LogP contribution in [0, 0.1) is 11.8 Å². The summed E-state index contributed by atoms with van der Waals surface area (Å²) < 4.78 is 0. The molecule has 0 aromatic heterocycles. The summed E-state index contributed by atoms with van der Waals surface area (Å²) in [5.74, 6) is -1.06. The van der Waals surface area contributed by atoms with Gasteiger partial charge in [0.2, 0.25) is 5.91 Å². The number of rotatable bonds is 5. The molecular weight excluding hydrogens is 220 g/mol. The number of carbonyl (C=O) groups is 2. The van der Waals surface area contributed by atoms with Gasteiger partial charge in [0, 0.05) is 19.0 Å². The van der Waals surface area contributed by atoms with Gasteiger partial charge >= 0.3 is 5.97 Å². The average Bonchev–Trinajstić information content (AvgIpc) is 2.66. The number of hydrogen-bond donors (Lipinski definition) is 2. The standard InChI is InChI=1S/C12H22N2O3/c1-4-13-7-9(3)11(15)14-6-5-8(2)10(14)12(16)17/h8-10,13H,4-7H2,1-3H3,(H,16,17). The molecule has 5 heteroatoms. The van der Waals surface area contributed by atoms with Crippen molar-refractivity contribution in [3.63, 3.8) is 0 Å². The third kappa shape index (κ3) is 3.19. The van der Waals surface area contributed by atoms with Crippen molar-refractivity contribution >= 4 is 11.9 Å². The first kappa shape index (κ1) is 14.0. The third-order valence-electron chi connectivity index (χ3n) is 3.36. The Bertz CT molecular complexity index is 293. The van der Waals surface area contributed by atoms with Gasteiger partial charge in [0.1, 0.15) is 6.04 Å². The molecule has 98 valence electrons. The van der Waals surface area contributed by atoms with Gasteiger partial charge in [0.15, 0.2) is 0 Å². The van der Waals surface area contributed by atoms with E-state index in [1.165, 1.54) is 4.90 Å². The Labute approximate surface area is 102 Å². The number of carboxylic acid groups (broad SMARTS) is 1. The summed E-state index contributed by atoms with van der Waals surface area (Å²) in [5.41, 5.74) is 0. The Morgan fingerprint density at radius 1 is 1.53 bits per heavy atom. The van der Waals surface area contributed by atoms with Crippen LogP contribution < -0.4 is 5.32 Å². The molecule has 1 heterocycles. The summed E-state index contributed by atoms with van der Waals surface area (Å²) in [5, 5.41) is 12.3. The van der Waals surface area contributed by atoms with E-state index in [4.69, 9.17) is 5.11 Å². The molecule has 0 aromatic carbocycles. The molecule has 1 aliphatic rings. The fraction of sp³-hybridized carbons (Fsp3) is 0.833. The first-order valence-corrected chi connectivity index (χ1v) is 6.23. The minimum Gasteiger partial charge on any atom is -0.480 e. The highest BCUT2D eigenvalue weighted by molar-refractivity contribution is 5.85. The van der Waals surface area contributed by atoms with Crippen molar-refractivity contribution in [3.8, 4) is 0 Å². The predicted molar refractivity (Wildman–Crippen MR) is 64.6 cm³/mol. The average molecular weight is 242 g/mol. The first-order valence-electron chi connectivity index (χ1n) is 6.23. The van der Waals surface area contributed by atoms with Crippen molar-refractivity contribution in [1.82, 2.24) is 10.2 Å². The lowest BCUT2D eigenvalue weighted by atomic mass is 10.0. The van der Waals surface area contributed by atoms with Crippen LogP contribution in [-0.4, -0.2) is 47.6 Å². The van der Waals surface area contributed by atoms with Crippen LogP contribution in [0.15, 0.2) is 0 Å². The maximum absolute atomic E-state index is 12.1. The molecule has 0 radical (unpaired) electrons. The second-order valence-electron chi connectivity index (χ2n) is 4.79. The maximum atomic E-state index is 12.1. The largest absolute Gasteiger partial charge is 0.480 e. The fourth-order valence-electron chi connectivity index (χ4n) is 2.30. The van der Waals surface area contributed by atoms with Crippen LogP contribution in [0.4, 0.5) is 0 Å². The van der Waals surface area contributed by atoms with Gasteiger partial charge < -0.3 is 15.3 Å². The van der Waals surface area contributed by atoms with E-state index in [0.29, 0.717) is 13.1 Å². The molecule has 1 amide bonds. The minimum atomic E-state index is -0.890. The van der Waals surface area contributed by atoms with E-state index in [-0.39, 0.29) is 17.7 Å². The van der Waals surface area contributed by atoms with Crippen LogP contribution >= 0.6 is 0 Å². The number of aliphatic carboxylic acids is 1. The Morgan fingerprint density at radius 2 is 2.18 bits per heavy atom. The van der Waals surface area contributed by atoms with E-state index < -0.39 is 12.0 Å². The topological polar surface area (TPSA) is 69.6 Å². The van der Waals surface area contributed by atoms with Gasteiger partial charge in [-0.15, -0.1) is 0 Å². The van der Waals surface area contributed by atoms with Crippen LogP contribution in [0.1, 0.15) is 27.2 Å². The van der Waals surface area contributed by atoms with Gasteiger partial charge in [0.25, 0.3) is 0 Å². The van der Waals surface area contributed by atoms with Gasteiger partial charge in [-0.2, -0.15) is 0 Å². The lowest BCUT2D eigenvalue weighted by molar-refractivity contribution is -0.150. The zero-order valence-corrected chi connectivity index (χ0v) is 10.8. The lowest BCUT2D eigenvalue weighted by Crippen LogP contribution is -2.46. The van der Waals surface area contributed by atoms with E-state index in [0.717, 1.165) is 13.0 Å². The molecule has 0 saturated carbocycles. The molecule has 1 aliphatic heterocycles. The normalized spacial score (nSPS) is 25.9. The monoisotopic (exact) mass is 242 g/mol. The van der Waals surface area contributed by atoms with Gasteiger partial charge in [0.05, 0.1) is 0 Å². The number of nitrogens with one attached hydrogen (secondary N) is 1. The van der Waals surface area contributed by atoms with Gasteiger partial charge in [-0.3, -0.25) is 4.79 Å². The Morgan fingerprint density at radius 3 is 2.71 bits per heavy atom. The minimum absolute atomic E-state index is 0.0442. The molecule has 17 heavy (non-hydrogen) atoms. The fourth-order valence-corrected chi connectivity index (χ4v) is 2.30. The lowest BCUT2D eigenvalue weighted by Gasteiger charge is -2.26. The van der Waals surface area contributed by atoms with Gasteiger partial charge in [-0.1, -0.05) is 20.8 Å². The zero-order valence-electron chi connectivity index (χ0n) is 10.8. The summed E-state index contributed by atoms with van der Waals surface area (Å²) in [4.78, 5) is 24.8. The highest BCUT2D eigenvalue weighted by Gasteiger charge is 2.40. The molecule has 3 atom stereocenters. The number of carboxylic acids is 1. The summed E-state index contributed by atoms with van der Waals surface area (Å²) >= 11 is 0. The third-order valence-corrected chi connectivity index (χ3v) is 3.36. The molecule has 0 aliphatic carbocycles. The number of amides is 1. The number of hydrogen-bond acceptors (Lipinski definition) is 3. The van der Waals surface area contributed by atoms with Crippen molar-refractivity contribution in [3.05, 3.63) is 0 Å². The van der Waals surface area contributed by atoms with Gasteiger partial charge in [-0.25, -0.2) is 4.79 Å². The second-order valence-corrected chi connectivity index (χ2v) is 4.79. The predicted octanol–water partition coefficient (Wildman–Crippen LogP) is 0.554. The summed E-state index contributed by atoms with van der Waals surface area (Å²) in [6, 6.07) is -0.647. The number of carbonyl (C=O) groups excluding carboxylic acids is 1. The molecule has 2 N–H and O–H groups in total. The molecule has 0 aromatic rings. The zero-order chi connectivity index (χ0) is 13.0. The van der Waals surface area contributed by atoms with E-state index >= 15 is 0 Å². The van der Waals surface area contributed by atoms with Crippen LogP contribution in [0.3, 0.4) is 0 Å². The maximum Gasteiger partial charge on any atom is 0.326 e. The van der Waals surface area contributed by atoms with E-state index in [1.54, 1.807) is 0 Å². The summed E-state index contributed by atoms with van der Waals surface area (Å²) in [6.45, 7) is 7.69. The van der Waals surface area contributed by atoms with Crippen LogP contribution in [0.5, 0.6) is 0 Å². The van der Waals surface area contributed by atoms with Crippen molar-refractivity contribution in [1.29, 1.82) is 0 Å². The SMILES string of the molecule is CCNCC(C)C(=O)N1CCC(C)C1C(=O)O. The quantitative estimate of drug-likeness (QED) is 0.739. The Hall–Kier alpha value is -1.10. The Balaban J connectivity index is 2.65. The molecule has 1 saturated heterocycles. The molecule has 1 fully saturated rings. The van der Waals surface area contributed by atoms with E-state index in [2.05, 4.69) is 5.32 Å². The molecule has 1 rings (SSSR count). The molecule has 0 bridgehead atoms. The van der Waals surface area contributed by atoms with Gasteiger partial charge in [-0.05, 0) is 18.9 Å². The summed E-state index contributed by atoms with van der Waals surface area (Å²) in [7, 11) is 0. The molecule has 3 unspecified atom stereocenters. The summed E-state index contributed by atoms with van der Waals surface area (Å²) in [6.07, 6.45) is 0.774. The first-order chi connectivity index (χ1) is 7.99. The van der Waals surface area contributed by atoms with Crippen molar-refractivity contribution in [2.45, 2.75) is 33.2 Å². The number of likely N-dealkylation sites (tertiary alicyclic amines) is 1. The van der Waals surface area contributed by atoms with E-state index in [9.17, 15) is 9.59 Å². The Kier molecular flexibility index (Phi) is 4.93. The highest BCUT2D eigenvalue weighted by Crippen LogP contribution is 2.25. The van der Waals surface area contributed by atoms with Crippen LogP contribution in [0.25, 0.3) is 0 Å². The van der Waals surface area contributed by atoms with Crippen molar-refractivity contribution in [2.24, 2.45) is 11.8 Å². The number of nitrogens with zero attached hydrogens (tertiary/aromatic N) is 1. The molecule has 0 spiro atoms. The molecule has 5 nitrogen and oxygen atoms in total. The smallest absolute Gasteiger partial charge is 0.326 e.